The molecule has 30 heavy (non-hydrogen) atoms. The van der Waals surface area contributed by atoms with Crippen molar-refractivity contribution in [3.63, 3.8) is 0 Å². The quantitative estimate of drug-likeness (QED) is 0.695. The molecule has 3 aromatic rings. The van der Waals surface area contributed by atoms with E-state index in [-0.39, 0.29) is 25.0 Å². The number of nitrogens with zero attached hydrogens (tertiary/aromatic N) is 3. The van der Waals surface area contributed by atoms with E-state index >= 15 is 0 Å². The number of hydrogen-bond donors (Lipinski definition) is 1. The summed E-state index contributed by atoms with van der Waals surface area (Å²) in [5.74, 6) is 1.46. The van der Waals surface area contributed by atoms with E-state index in [9.17, 15) is 9.59 Å². The minimum atomic E-state index is -0.269. The number of amides is 3. The zero-order valence-corrected chi connectivity index (χ0v) is 16.2. The summed E-state index contributed by atoms with van der Waals surface area (Å²) in [5, 5.41) is 2.76. The second-order valence-electron chi connectivity index (χ2n) is 7.04. The van der Waals surface area contributed by atoms with Crippen molar-refractivity contribution in [3.05, 3.63) is 48.4 Å². The molecule has 2 aliphatic heterocycles. The Morgan fingerprint density at radius 1 is 1.07 bits per heavy atom. The number of ether oxygens (including phenoxy) is 2. The summed E-state index contributed by atoms with van der Waals surface area (Å²) >= 11 is 0. The normalized spacial score (nSPS) is 15.7. The number of aromatic nitrogens is 1. The first kappa shape index (κ1) is 18.3. The molecule has 2 aliphatic rings. The van der Waals surface area contributed by atoms with Gasteiger partial charge in [0.1, 0.15) is 25.3 Å². The van der Waals surface area contributed by atoms with Gasteiger partial charge in [0, 0.05) is 24.8 Å². The molecule has 0 aliphatic carbocycles. The molecule has 0 radical (unpaired) electrons. The molecular weight excluding hydrogens is 388 g/mol. The van der Waals surface area contributed by atoms with Gasteiger partial charge in [-0.2, -0.15) is 0 Å². The third kappa shape index (κ3) is 3.49. The van der Waals surface area contributed by atoms with Crippen LogP contribution in [0.3, 0.4) is 0 Å². The minimum Gasteiger partial charge on any atom is -0.486 e. The SMILES string of the molecule is O=C(CN1CCN(c2ccc3c(c2)OCCO3)C1=O)NCc1nc2ccccc2o1. The van der Waals surface area contributed by atoms with Gasteiger partial charge in [-0.15, -0.1) is 0 Å². The summed E-state index contributed by atoms with van der Waals surface area (Å²) < 4.78 is 16.7. The number of rotatable bonds is 5. The maximum atomic E-state index is 12.8. The zero-order valence-electron chi connectivity index (χ0n) is 16.2. The number of fused-ring (bicyclic) bond motifs is 2. The number of benzene rings is 2. The van der Waals surface area contributed by atoms with E-state index in [1.165, 1.54) is 4.90 Å². The minimum absolute atomic E-state index is 0.0277. The fourth-order valence-corrected chi connectivity index (χ4v) is 3.57. The van der Waals surface area contributed by atoms with Crippen LogP contribution in [0.25, 0.3) is 11.1 Å². The van der Waals surface area contributed by atoms with Crippen molar-refractivity contribution < 1.29 is 23.5 Å². The van der Waals surface area contributed by atoms with Gasteiger partial charge in [-0.25, -0.2) is 9.78 Å². The second kappa shape index (κ2) is 7.58. The molecule has 154 valence electrons. The van der Waals surface area contributed by atoms with Crippen molar-refractivity contribution in [2.45, 2.75) is 6.54 Å². The summed E-state index contributed by atoms with van der Waals surface area (Å²) in [6.45, 7) is 2.10. The molecule has 1 aromatic heterocycles. The van der Waals surface area contributed by atoms with Gasteiger partial charge in [0.2, 0.25) is 11.8 Å². The number of carbonyl (C=O) groups is 2. The second-order valence-corrected chi connectivity index (χ2v) is 7.04. The number of urea groups is 1. The molecule has 0 saturated carbocycles. The van der Waals surface area contributed by atoms with Crippen molar-refractivity contribution >= 4 is 28.7 Å². The molecule has 9 nitrogen and oxygen atoms in total. The average Bonchev–Trinajstić information content (AvgIpc) is 3.35. The highest BCUT2D eigenvalue weighted by molar-refractivity contribution is 5.96. The van der Waals surface area contributed by atoms with Crippen molar-refractivity contribution in [1.29, 1.82) is 0 Å². The molecule has 1 saturated heterocycles. The molecule has 3 heterocycles. The van der Waals surface area contributed by atoms with E-state index in [2.05, 4.69) is 10.3 Å². The Morgan fingerprint density at radius 2 is 1.90 bits per heavy atom. The molecule has 0 unspecified atom stereocenters. The highest BCUT2D eigenvalue weighted by Crippen LogP contribution is 2.34. The van der Waals surface area contributed by atoms with Gasteiger partial charge in [0.05, 0.1) is 6.54 Å². The standard InChI is InChI=1S/C21H20N4O5/c26-19(22-12-20-23-15-3-1-2-4-16(15)30-20)13-24-7-8-25(21(24)27)14-5-6-17-18(11-14)29-10-9-28-17/h1-6,11H,7-10,12-13H2,(H,22,26). The first-order valence-corrected chi connectivity index (χ1v) is 9.74. The monoisotopic (exact) mass is 408 g/mol. The highest BCUT2D eigenvalue weighted by atomic mass is 16.6. The van der Waals surface area contributed by atoms with Crippen LogP contribution in [-0.4, -0.2) is 54.7 Å². The molecule has 0 atom stereocenters. The van der Waals surface area contributed by atoms with Crippen molar-refractivity contribution in [1.82, 2.24) is 15.2 Å². The Hall–Kier alpha value is -3.75. The van der Waals surface area contributed by atoms with Crippen LogP contribution in [0.2, 0.25) is 0 Å². The van der Waals surface area contributed by atoms with Crippen LogP contribution in [0.5, 0.6) is 11.5 Å². The van der Waals surface area contributed by atoms with Gasteiger partial charge in [-0.1, -0.05) is 12.1 Å². The van der Waals surface area contributed by atoms with Crippen molar-refractivity contribution in [3.8, 4) is 11.5 Å². The number of carbonyl (C=O) groups excluding carboxylic acids is 2. The van der Waals surface area contributed by atoms with Gasteiger partial charge in [0.15, 0.2) is 17.1 Å². The van der Waals surface area contributed by atoms with Crippen LogP contribution in [0.15, 0.2) is 46.9 Å². The van der Waals surface area contributed by atoms with E-state index < -0.39 is 0 Å². The van der Waals surface area contributed by atoms with E-state index in [4.69, 9.17) is 13.9 Å². The number of hydrogen-bond acceptors (Lipinski definition) is 6. The largest absolute Gasteiger partial charge is 0.486 e. The lowest BCUT2D eigenvalue weighted by Gasteiger charge is -2.22. The predicted octanol–water partition coefficient (Wildman–Crippen LogP) is 2.16. The topological polar surface area (TPSA) is 97.1 Å². The van der Waals surface area contributed by atoms with Crippen LogP contribution in [0, 0.1) is 0 Å². The van der Waals surface area contributed by atoms with E-state index in [0.717, 1.165) is 11.2 Å². The van der Waals surface area contributed by atoms with E-state index in [1.807, 2.05) is 30.3 Å². The van der Waals surface area contributed by atoms with Gasteiger partial charge >= 0.3 is 6.03 Å². The van der Waals surface area contributed by atoms with Crippen LogP contribution in [0.1, 0.15) is 5.89 Å². The molecule has 9 heteroatoms. The van der Waals surface area contributed by atoms with Crippen molar-refractivity contribution in [2.75, 3.05) is 37.7 Å². The molecule has 1 fully saturated rings. The summed E-state index contributed by atoms with van der Waals surface area (Å²) in [6, 6.07) is 12.6. The number of para-hydroxylation sites is 2. The van der Waals surface area contributed by atoms with Crippen LogP contribution in [-0.2, 0) is 11.3 Å². The molecule has 2 aromatic carbocycles. The van der Waals surface area contributed by atoms with E-state index in [1.54, 1.807) is 17.0 Å². The maximum absolute atomic E-state index is 12.8. The van der Waals surface area contributed by atoms with Gasteiger partial charge in [0.25, 0.3) is 0 Å². The van der Waals surface area contributed by atoms with Gasteiger partial charge < -0.3 is 24.1 Å². The lowest BCUT2D eigenvalue weighted by molar-refractivity contribution is -0.121. The average molecular weight is 408 g/mol. The third-order valence-electron chi connectivity index (χ3n) is 5.04. The first-order chi connectivity index (χ1) is 14.7. The molecule has 3 amide bonds. The first-order valence-electron chi connectivity index (χ1n) is 9.74. The van der Waals surface area contributed by atoms with Crippen LogP contribution < -0.4 is 19.7 Å². The smallest absolute Gasteiger partial charge is 0.325 e. The molecule has 0 spiro atoms. The fraction of sp³-hybridized carbons (Fsp3) is 0.286. The highest BCUT2D eigenvalue weighted by Gasteiger charge is 2.31. The van der Waals surface area contributed by atoms with E-state index in [0.29, 0.717) is 49.3 Å². The Morgan fingerprint density at radius 3 is 2.77 bits per heavy atom. The van der Waals surface area contributed by atoms with Gasteiger partial charge in [-0.05, 0) is 24.3 Å². The third-order valence-corrected chi connectivity index (χ3v) is 5.04. The number of nitrogens with one attached hydrogen (secondary N) is 1. The Balaban J connectivity index is 1.18. The molecule has 5 rings (SSSR count). The zero-order chi connectivity index (χ0) is 20.5. The van der Waals surface area contributed by atoms with Gasteiger partial charge in [-0.3, -0.25) is 9.69 Å². The summed E-state index contributed by atoms with van der Waals surface area (Å²) in [4.78, 5) is 32.6. The molecule has 1 N–H and O–H groups in total. The van der Waals surface area contributed by atoms with Crippen molar-refractivity contribution in [2.24, 2.45) is 0 Å². The lowest BCUT2D eigenvalue weighted by Crippen LogP contribution is -2.39. The fourth-order valence-electron chi connectivity index (χ4n) is 3.57. The number of anilines is 1. The summed E-state index contributed by atoms with van der Waals surface area (Å²) in [6.07, 6.45) is 0. The number of oxazole rings is 1. The Labute approximate surface area is 172 Å². The van der Waals surface area contributed by atoms with Crippen LogP contribution >= 0.6 is 0 Å². The molecule has 0 bridgehead atoms. The Kier molecular flexibility index (Phi) is 4.62. The predicted molar refractivity (Wildman–Crippen MR) is 108 cm³/mol. The van der Waals surface area contributed by atoms with Crippen LogP contribution in [0.4, 0.5) is 10.5 Å². The maximum Gasteiger partial charge on any atom is 0.325 e. The summed E-state index contributed by atoms with van der Waals surface area (Å²) in [5.41, 5.74) is 2.14. The lowest BCUT2D eigenvalue weighted by atomic mass is 10.2. The summed E-state index contributed by atoms with van der Waals surface area (Å²) in [7, 11) is 0. The Bertz CT molecular complexity index is 1080. The molecular formula is C21H20N4O5.